The molecule has 3 aromatic rings. The molecule has 6 nitrogen and oxygen atoms in total. The fourth-order valence-corrected chi connectivity index (χ4v) is 5.93. The number of anilines is 1. The molecule has 10 heteroatoms. The molecule has 1 saturated heterocycles. The first kappa shape index (κ1) is 19.8. The molecule has 0 spiro atoms. The number of rotatable bonds is 5. The predicted molar refractivity (Wildman–Crippen MR) is 116 cm³/mol. The number of hydrogen-bond donors (Lipinski definition) is 1. The third-order valence-electron chi connectivity index (χ3n) is 4.55. The van der Waals surface area contributed by atoms with Crippen LogP contribution in [-0.2, 0) is 16.6 Å². The number of primary sulfonamides is 1. The van der Waals surface area contributed by atoms with Gasteiger partial charge in [-0.15, -0.1) is 11.3 Å². The molecule has 0 unspecified atom stereocenters. The van der Waals surface area contributed by atoms with E-state index in [4.69, 9.17) is 16.7 Å². The number of benzene rings is 1. The van der Waals surface area contributed by atoms with Crippen molar-refractivity contribution in [2.24, 2.45) is 5.14 Å². The Bertz CT molecular complexity index is 1070. The lowest BCUT2D eigenvalue weighted by molar-refractivity contribution is 0.252. The van der Waals surface area contributed by atoms with Crippen molar-refractivity contribution in [2.75, 3.05) is 31.1 Å². The summed E-state index contributed by atoms with van der Waals surface area (Å²) < 4.78 is 23.0. The molecule has 4 rings (SSSR count). The van der Waals surface area contributed by atoms with Gasteiger partial charge in [0, 0.05) is 47.5 Å². The molecule has 3 heterocycles. The SMILES string of the molecule is NS(=O)(=O)c1cnc(N2CCN(Cc3ccc(-c4cccc(Cl)c4)s3)CC2)s1. The van der Waals surface area contributed by atoms with Crippen molar-refractivity contribution < 1.29 is 8.42 Å². The van der Waals surface area contributed by atoms with Crippen LogP contribution in [0.2, 0.25) is 5.02 Å². The van der Waals surface area contributed by atoms with Gasteiger partial charge in [0.15, 0.2) is 9.34 Å². The van der Waals surface area contributed by atoms with Crippen molar-refractivity contribution >= 4 is 49.4 Å². The molecule has 0 atom stereocenters. The lowest BCUT2D eigenvalue weighted by Crippen LogP contribution is -2.45. The van der Waals surface area contributed by atoms with Crippen LogP contribution in [-0.4, -0.2) is 44.5 Å². The zero-order chi connectivity index (χ0) is 19.7. The number of sulfonamides is 1. The lowest BCUT2D eigenvalue weighted by Gasteiger charge is -2.34. The summed E-state index contributed by atoms with van der Waals surface area (Å²) in [5.74, 6) is 0. The average molecular weight is 455 g/mol. The second kappa shape index (κ2) is 8.10. The summed E-state index contributed by atoms with van der Waals surface area (Å²) in [6.07, 6.45) is 1.34. The summed E-state index contributed by atoms with van der Waals surface area (Å²) in [5, 5.41) is 6.63. The van der Waals surface area contributed by atoms with Crippen LogP contribution in [0.5, 0.6) is 0 Å². The number of hydrogen-bond acceptors (Lipinski definition) is 7. The zero-order valence-electron chi connectivity index (χ0n) is 14.9. The Morgan fingerprint density at radius 3 is 2.57 bits per heavy atom. The van der Waals surface area contributed by atoms with Gasteiger partial charge in [-0.3, -0.25) is 4.90 Å². The van der Waals surface area contributed by atoms with E-state index in [1.54, 1.807) is 11.3 Å². The summed E-state index contributed by atoms with van der Waals surface area (Å²) in [5.41, 5.74) is 1.14. The predicted octanol–water partition coefficient (Wildman–Crippen LogP) is 3.49. The summed E-state index contributed by atoms with van der Waals surface area (Å²) in [6, 6.07) is 12.2. The van der Waals surface area contributed by atoms with E-state index in [9.17, 15) is 8.42 Å². The van der Waals surface area contributed by atoms with E-state index in [2.05, 4.69) is 33.0 Å². The molecule has 0 amide bonds. The third kappa shape index (κ3) is 4.56. The molecule has 28 heavy (non-hydrogen) atoms. The molecule has 1 aliphatic rings. The van der Waals surface area contributed by atoms with E-state index in [1.807, 2.05) is 18.2 Å². The monoisotopic (exact) mass is 454 g/mol. The van der Waals surface area contributed by atoms with Crippen LogP contribution in [0, 0.1) is 0 Å². The van der Waals surface area contributed by atoms with Crippen LogP contribution < -0.4 is 10.0 Å². The quantitative estimate of drug-likeness (QED) is 0.638. The smallest absolute Gasteiger partial charge is 0.249 e. The first-order valence-corrected chi connectivity index (χ1v) is 12.2. The molecule has 148 valence electrons. The third-order valence-corrected chi connectivity index (χ3v) is 8.37. The van der Waals surface area contributed by atoms with Crippen LogP contribution in [0.15, 0.2) is 46.8 Å². The molecular weight excluding hydrogens is 436 g/mol. The van der Waals surface area contributed by atoms with Gasteiger partial charge in [-0.05, 0) is 29.8 Å². The molecule has 0 bridgehead atoms. The maximum atomic E-state index is 11.4. The van der Waals surface area contributed by atoms with Crippen molar-refractivity contribution in [1.82, 2.24) is 9.88 Å². The molecular formula is C18H19ClN4O2S3. The van der Waals surface area contributed by atoms with Crippen molar-refractivity contribution in [3.05, 3.63) is 52.5 Å². The van der Waals surface area contributed by atoms with Crippen LogP contribution >= 0.6 is 34.3 Å². The Labute approximate surface area is 177 Å². The first-order valence-electron chi connectivity index (χ1n) is 8.69. The maximum Gasteiger partial charge on any atom is 0.249 e. The number of thiazole rings is 1. The van der Waals surface area contributed by atoms with E-state index in [-0.39, 0.29) is 4.21 Å². The fraction of sp³-hybridized carbons (Fsp3) is 0.278. The molecule has 0 aliphatic carbocycles. The van der Waals surface area contributed by atoms with Crippen LogP contribution in [0.4, 0.5) is 5.13 Å². The van der Waals surface area contributed by atoms with Gasteiger partial charge < -0.3 is 4.90 Å². The highest BCUT2D eigenvalue weighted by molar-refractivity contribution is 7.91. The Morgan fingerprint density at radius 1 is 1.11 bits per heavy atom. The van der Waals surface area contributed by atoms with Gasteiger partial charge in [-0.1, -0.05) is 35.1 Å². The number of nitrogens with two attached hydrogens (primary N) is 1. The van der Waals surface area contributed by atoms with Gasteiger partial charge >= 0.3 is 0 Å². The minimum Gasteiger partial charge on any atom is -0.345 e. The second-order valence-corrected chi connectivity index (χ2v) is 10.9. The standard InChI is InChI=1S/C18H19ClN4O2S3/c19-14-3-1-2-13(10-14)16-5-4-15(26-16)12-22-6-8-23(9-7-22)18-21-11-17(27-18)28(20,24)25/h1-5,10-11H,6-9,12H2,(H2,20,24,25). The second-order valence-electron chi connectivity index (χ2n) is 6.55. The highest BCUT2D eigenvalue weighted by Crippen LogP contribution is 2.31. The molecule has 1 aromatic carbocycles. The molecule has 0 radical (unpaired) electrons. The zero-order valence-corrected chi connectivity index (χ0v) is 18.1. The van der Waals surface area contributed by atoms with Gasteiger partial charge in [-0.2, -0.15) is 0 Å². The van der Waals surface area contributed by atoms with E-state index in [0.717, 1.165) is 54.6 Å². The fourth-order valence-electron chi connectivity index (χ4n) is 3.11. The van der Waals surface area contributed by atoms with E-state index < -0.39 is 10.0 Å². The normalized spacial score (nSPS) is 15.9. The Kier molecular flexibility index (Phi) is 5.73. The van der Waals surface area contributed by atoms with Gasteiger partial charge in [0.2, 0.25) is 10.0 Å². The van der Waals surface area contributed by atoms with E-state index in [0.29, 0.717) is 5.13 Å². The van der Waals surface area contributed by atoms with Gasteiger partial charge in [0.1, 0.15) is 0 Å². The van der Waals surface area contributed by atoms with Crippen LogP contribution in [0.1, 0.15) is 4.88 Å². The van der Waals surface area contributed by atoms with Gasteiger partial charge in [-0.25, -0.2) is 18.5 Å². The number of aromatic nitrogens is 1. The molecule has 1 fully saturated rings. The minimum atomic E-state index is -3.68. The number of thiophene rings is 1. The van der Waals surface area contributed by atoms with Crippen molar-refractivity contribution in [3.63, 3.8) is 0 Å². The van der Waals surface area contributed by atoms with Gasteiger partial charge in [0.25, 0.3) is 0 Å². The topological polar surface area (TPSA) is 79.5 Å². The Balaban J connectivity index is 1.35. The summed E-state index contributed by atoms with van der Waals surface area (Å²) in [4.78, 5) is 11.3. The van der Waals surface area contributed by atoms with Crippen LogP contribution in [0.3, 0.4) is 0 Å². The lowest BCUT2D eigenvalue weighted by atomic mass is 10.2. The number of piperazine rings is 1. The van der Waals surface area contributed by atoms with E-state index >= 15 is 0 Å². The van der Waals surface area contributed by atoms with Crippen molar-refractivity contribution in [2.45, 2.75) is 10.8 Å². The minimum absolute atomic E-state index is 0.108. The molecule has 0 saturated carbocycles. The van der Waals surface area contributed by atoms with E-state index in [1.165, 1.54) is 16.0 Å². The number of halogens is 1. The summed E-state index contributed by atoms with van der Waals surface area (Å²) in [6.45, 7) is 4.32. The average Bonchev–Trinajstić information content (AvgIpc) is 3.32. The van der Waals surface area contributed by atoms with Crippen LogP contribution in [0.25, 0.3) is 10.4 Å². The first-order chi connectivity index (χ1) is 13.4. The highest BCUT2D eigenvalue weighted by Gasteiger charge is 2.22. The highest BCUT2D eigenvalue weighted by atomic mass is 35.5. The summed E-state index contributed by atoms with van der Waals surface area (Å²) >= 11 is 9.01. The summed E-state index contributed by atoms with van der Waals surface area (Å²) in [7, 11) is -3.68. The Morgan fingerprint density at radius 2 is 1.89 bits per heavy atom. The largest absolute Gasteiger partial charge is 0.345 e. The van der Waals surface area contributed by atoms with Crippen molar-refractivity contribution in [1.29, 1.82) is 0 Å². The van der Waals surface area contributed by atoms with Gasteiger partial charge in [0.05, 0.1) is 6.20 Å². The van der Waals surface area contributed by atoms with Crippen molar-refractivity contribution in [3.8, 4) is 10.4 Å². The molecule has 2 N–H and O–H groups in total. The molecule has 2 aromatic heterocycles. The number of nitrogens with zero attached hydrogens (tertiary/aromatic N) is 3. The Hall–Kier alpha value is -1.49. The maximum absolute atomic E-state index is 11.4. The molecule has 1 aliphatic heterocycles.